The zero-order valence-electron chi connectivity index (χ0n) is 14.3. The molecule has 1 heterocycles. The second-order valence-corrected chi connectivity index (χ2v) is 6.86. The highest BCUT2D eigenvalue weighted by Crippen LogP contribution is 2.42. The molecule has 0 fully saturated rings. The zero-order valence-corrected chi connectivity index (χ0v) is 14.3. The average Bonchev–Trinajstić information content (AvgIpc) is 3.18. The summed E-state index contributed by atoms with van der Waals surface area (Å²) in [6.07, 6.45) is -3.57. The van der Waals surface area contributed by atoms with E-state index in [4.69, 9.17) is 14.6 Å². The minimum absolute atomic E-state index is 0.0105. The number of carbonyl (C=O) groups is 1. The standard InChI is InChI=1S/C20H17F3O4/c21-20(22,23)13-3-1-11-2-6-17(16(11)8-13)27-14-4-5-15-12(7-19(24)25)10-26-18(15)9-14/h1,3-5,8-9,12,17H,2,6-7,10H2,(H,24,25). The summed E-state index contributed by atoms with van der Waals surface area (Å²) < 4.78 is 50.5. The first-order valence-electron chi connectivity index (χ1n) is 8.66. The molecule has 0 saturated carbocycles. The first-order valence-corrected chi connectivity index (χ1v) is 8.66. The number of halogens is 3. The molecule has 1 aliphatic heterocycles. The smallest absolute Gasteiger partial charge is 0.416 e. The van der Waals surface area contributed by atoms with Crippen LogP contribution in [0.2, 0.25) is 0 Å². The lowest BCUT2D eigenvalue weighted by molar-refractivity contribution is -0.138. The third kappa shape index (κ3) is 3.46. The number of alkyl halides is 3. The molecule has 27 heavy (non-hydrogen) atoms. The van der Waals surface area contributed by atoms with E-state index >= 15 is 0 Å². The van der Waals surface area contributed by atoms with Crippen molar-refractivity contribution < 1.29 is 32.5 Å². The summed E-state index contributed by atoms with van der Waals surface area (Å²) in [6, 6.07) is 8.96. The van der Waals surface area contributed by atoms with Gasteiger partial charge in [-0.05, 0) is 42.2 Å². The Morgan fingerprint density at radius 3 is 2.74 bits per heavy atom. The van der Waals surface area contributed by atoms with Crippen LogP contribution in [0.4, 0.5) is 13.2 Å². The lowest BCUT2D eigenvalue weighted by atomic mass is 9.98. The van der Waals surface area contributed by atoms with Gasteiger partial charge in [-0.25, -0.2) is 0 Å². The normalized spacial score (nSPS) is 20.7. The highest BCUT2D eigenvalue weighted by molar-refractivity contribution is 5.68. The second kappa shape index (κ2) is 6.48. The van der Waals surface area contributed by atoms with Crippen molar-refractivity contribution in [2.75, 3.05) is 6.61 Å². The molecular formula is C20H17F3O4. The maximum absolute atomic E-state index is 13.0. The van der Waals surface area contributed by atoms with E-state index in [0.29, 0.717) is 36.5 Å². The summed E-state index contributed by atoms with van der Waals surface area (Å²) in [5, 5.41) is 8.96. The van der Waals surface area contributed by atoms with Crippen LogP contribution in [0, 0.1) is 0 Å². The van der Waals surface area contributed by atoms with Crippen molar-refractivity contribution in [3.63, 3.8) is 0 Å². The maximum atomic E-state index is 13.0. The summed E-state index contributed by atoms with van der Waals surface area (Å²) in [6.45, 7) is 0.298. The second-order valence-electron chi connectivity index (χ2n) is 6.86. The average molecular weight is 378 g/mol. The Balaban J connectivity index is 1.55. The van der Waals surface area contributed by atoms with Gasteiger partial charge in [0.2, 0.25) is 0 Å². The summed E-state index contributed by atoms with van der Waals surface area (Å²) in [5.74, 6) is -0.0195. The monoisotopic (exact) mass is 378 g/mol. The number of fused-ring (bicyclic) bond motifs is 2. The molecular weight excluding hydrogens is 361 g/mol. The lowest BCUT2D eigenvalue weighted by Gasteiger charge is -2.17. The Kier molecular flexibility index (Phi) is 4.25. The molecule has 0 radical (unpaired) electrons. The van der Waals surface area contributed by atoms with Crippen LogP contribution in [0.15, 0.2) is 36.4 Å². The lowest BCUT2D eigenvalue weighted by Crippen LogP contribution is -2.08. The van der Waals surface area contributed by atoms with Crippen molar-refractivity contribution in [1.29, 1.82) is 0 Å². The molecule has 4 nitrogen and oxygen atoms in total. The van der Waals surface area contributed by atoms with Gasteiger partial charge in [-0.3, -0.25) is 4.79 Å². The number of benzene rings is 2. The van der Waals surface area contributed by atoms with Crippen molar-refractivity contribution in [2.45, 2.75) is 37.5 Å². The highest BCUT2D eigenvalue weighted by atomic mass is 19.4. The molecule has 2 aliphatic rings. The largest absolute Gasteiger partial charge is 0.492 e. The molecule has 2 aromatic rings. The van der Waals surface area contributed by atoms with Gasteiger partial charge in [0.05, 0.1) is 18.6 Å². The van der Waals surface area contributed by atoms with Gasteiger partial charge in [-0.2, -0.15) is 13.2 Å². The Morgan fingerprint density at radius 1 is 1.19 bits per heavy atom. The molecule has 4 rings (SSSR count). The Morgan fingerprint density at radius 2 is 2.00 bits per heavy atom. The van der Waals surface area contributed by atoms with Gasteiger partial charge in [0.15, 0.2) is 0 Å². The fourth-order valence-electron chi connectivity index (χ4n) is 3.74. The fraction of sp³-hybridized carbons (Fsp3) is 0.350. The maximum Gasteiger partial charge on any atom is 0.416 e. The first-order chi connectivity index (χ1) is 12.8. The molecule has 1 aliphatic carbocycles. The zero-order chi connectivity index (χ0) is 19.2. The Hall–Kier alpha value is -2.70. The van der Waals surface area contributed by atoms with E-state index in [-0.39, 0.29) is 12.3 Å². The van der Waals surface area contributed by atoms with Crippen molar-refractivity contribution in [3.8, 4) is 11.5 Å². The summed E-state index contributed by atoms with van der Waals surface area (Å²) in [5.41, 5.74) is 1.57. The van der Waals surface area contributed by atoms with Crippen LogP contribution < -0.4 is 9.47 Å². The predicted octanol–water partition coefficient (Wildman–Crippen LogP) is 4.72. The molecule has 0 spiro atoms. The van der Waals surface area contributed by atoms with Crippen LogP contribution in [0.3, 0.4) is 0 Å². The number of carboxylic acids is 1. The minimum atomic E-state index is -4.39. The van der Waals surface area contributed by atoms with Gasteiger partial charge in [0.1, 0.15) is 17.6 Å². The van der Waals surface area contributed by atoms with Crippen molar-refractivity contribution in [2.24, 2.45) is 0 Å². The van der Waals surface area contributed by atoms with E-state index in [2.05, 4.69) is 0 Å². The number of aliphatic carboxylic acids is 1. The predicted molar refractivity (Wildman–Crippen MR) is 90.1 cm³/mol. The SMILES string of the molecule is O=C(O)CC1COc2cc(OC3CCc4ccc(C(F)(F)F)cc43)ccc21. The van der Waals surface area contributed by atoms with Gasteiger partial charge in [-0.15, -0.1) is 0 Å². The molecule has 0 saturated heterocycles. The highest BCUT2D eigenvalue weighted by Gasteiger charge is 2.34. The van der Waals surface area contributed by atoms with Crippen molar-refractivity contribution in [1.82, 2.24) is 0 Å². The van der Waals surface area contributed by atoms with Gasteiger partial charge in [0, 0.05) is 17.5 Å². The van der Waals surface area contributed by atoms with E-state index in [1.54, 1.807) is 18.2 Å². The molecule has 0 amide bonds. The molecule has 2 aromatic carbocycles. The van der Waals surface area contributed by atoms with Gasteiger partial charge in [-0.1, -0.05) is 12.1 Å². The minimum Gasteiger partial charge on any atom is -0.492 e. The third-order valence-corrected chi connectivity index (χ3v) is 5.06. The van der Waals surface area contributed by atoms with Crippen molar-refractivity contribution >= 4 is 5.97 Å². The number of rotatable bonds is 4. The topological polar surface area (TPSA) is 55.8 Å². The Bertz CT molecular complexity index is 891. The summed E-state index contributed by atoms with van der Waals surface area (Å²) in [7, 11) is 0. The molecule has 0 aromatic heterocycles. The molecule has 7 heteroatoms. The molecule has 142 valence electrons. The number of carboxylic acid groups (broad SMARTS) is 1. The molecule has 2 unspecified atom stereocenters. The van der Waals surface area contributed by atoms with Crippen LogP contribution in [0.5, 0.6) is 11.5 Å². The first kappa shape index (κ1) is 17.7. The quantitative estimate of drug-likeness (QED) is 0.836. The van der Waals surface area contributed by atoms with Crippen LogP contribution >= 0.6 is 0 Å². The molecule has 0 bridgehead atoms. The van der Waals surface area contributed by atoms with Gasteiger partial charge >= 0.3 is 12.1 Å². The number of hydrogen-bond donors (Lipinski definition) is 1. The van der Waals surface area contributed by atoms with Gasteiger partial charge < -0.3 is 14.6 Å². The van der Waals surface area contributed by atoms with Crippen LogP contribution in [0.25, 0.3) is 0 Å². The van der Waals surface area contributed by atoms with E-state index in [1.165, 1.54) is 12.1 Å². The third-order valence-electron chi connectivity index (χ3n) is 5.06. The van der Waals surface area contributed by atoms with E-state index in [0.717, 1.165) is 17.2 Å². The fourth-order valence-corrected chi connectivity index (χ4v) is 3.74. The van der Waals surface area contributed by atoms with Crippen LogP contribution in [-0.2, 0) is 17.4 Å². The van der Waals surface area contributed by atoms with Crippen molar-refractivity contribution in [3.05, 3.63) is 58.7 Å². The Labute approximate surface area is 153 Å². The van der Waals surface area contributed by atoms with E-state index < -0.39 is 23.8 Å². The van der Waals surface area contributed by atoms with Gasteiger partial charge in [0.25, 0.3) is 0 Å². The van der Waals surface area contributed by atoms with E-state index in [9.17, 15) is 18.0 Å². The summed E-state index contributed by atoms with van der Waals surface area (Å²) in [4.78, 5) is 10.9. The van der Waals surface area contributed by atoms with Crippen LogP contribution in [0.1, 0.15) is 47.1 Å². The van der Waals surface area contributed by atoms with E-state index in [1.807, 2.05) is 0 Å². The number of ether oxygens (including phenoxy) is 2. The number of hydrogen-bond acceptors (Lipinski definition) is 3. The molecule has 1 N–H and O–H groups in total. The molecule has 2 atom stereocenters. The number of aryl methyl sites for hydroxylation is 1. The van der Waals surface area contributed by atoms with Crippen LogP contribution in [-0.4, -0.2) is 17.7 Å². The summed E-state index contributed by atoms with van der Waals surface area (Å²) >= 11 is 0.